The number of hydrogen-bond donors (Lipinski definition) is 2. The maximum Gasteiger partial charge on any atom is 0.223 e. The molecule has 2 aromatic carbocycles. The highest BCUT2D eigenvalue weighted by molar-refractivity contribution is 5.79. The molecule has 2 saturated heterocycles. The molecule has 4 aliphatic rings. The van der Waals surface area contributed by atoms with Gasteiger partial charge in [-0.25, -0.2) is 0 Å². The van der Waals surface area contributed by atoms with E-state index >= 15 is 0 Å². The molecular weight excluding hydrogens is 400 g/mol. The molecule has 3 atom stereocenters. The molecule has 0 aromatic heterocycles. The van der Waals surface area contributed by atoms with Gasteiger partial charge in [-0.2, -0.15) is 0 Å². The van der Waals surface area contributed by atoms with Crippen molar-refractivity contribution in [3.05, 3.63) is 65.2 Å². The lowest BCUT2D eigenvalue weighted by Gasteiger charge is -2.61. The largest absolute Gasteiger partial charge is 0.508 e. The lowest BCUT2D eigenvalue weighted by molar-refractivity contribution is -0.153. The Hall–Kier alpha value is -2.37. The van der Waals surface area contributed by atoms with Crippen LogP contribution < -0.4 is 0 Å². The molecule has 0 spiro atoms. The van der Waals surface area contributed by atoms with E-state index in [1.807, 2.05) is 35.2 Å². The Kier molecular flexibility index (Phi) is 4.63. The van der Waals surface area contributed by atoms with Crippen LogP contribution >= 0.6 is 0 Å². The number of amides is 1. The normalized spacial score (nSPS) is 32.2. The number of aliphatic hydroxyl groups is 1. The van der Waals surface area contributed by atoms with Crippen molar-refractivity contribution in [1.82, 2.24) is 9.80 Å². The van der Waals surface area contributed by atoms with Crippen LogP contribution in [-0.4, -0.2) is 57.2 Å². The third kappa shape index (κ3) is 3.09. The van der Waals surface area contributed by atoms with E-state index in [1.165, 1.54) is 18.4 Å². The number of rotatable bonds is 4. The quantitative estimate of drug-likeness (QED) is 0.779. The standard InChI is InChI=1S/C27H32N2O3/c30-22-9-8-21-14-24-27(32)11-13-29(18-19-4-2-1-3-5-19)25(31)16-26(27,23(21)15-22)10-12-28(24)17-20-6-7-20/h1-5,8-9,15,20,24,30,32H,6-7,10-14,16-18H2/t24?,26-,27-/m1/s1. The van der Waals surface area contributed by atoms with E-state index in [4.69, 9.17) is 0 Å². The number of aromatic hydroxyl groups is 1. The van der Waals surface area contributed by atoms with Gasteiger partial charge in [-0.1, -0.05) is 36.4 Å². The fourth-order valence-corrected chi connectivity index (χ4v) is 6.75. The molecule has 2 aliphatic carbocycles. The fraction of sp³-hybridized carbons (Fsp3) is 0.519. The van der Waals surface area contributed by atoms with Gasteiger partial charge in [0.15, 0.2) is 0 Å². The van der Waals surface area contributed by atoms with E-state index in [0.29, 0.717) is 25.9 Å². The molecule has 2 bridgehead atoms. The van der Waals surface area contributed by atoms with Crippen LogP contribution in [0.15, 0.2) is 48.5 Å². The summed E-state index contributed by atoms with van der Waals surface area (Å²) in [5.74, 6) is 1.09. The van der Waals surface area contributed by atoms with Crippen molar-refractivity contribution in [2.24, 2.45) is 5.92 Å². The highest BCUT2D eigenvalue weighted by Crippen LogP contribution is 2.57. The number of benzene rings is 2. The zero-order valence-corrected chi connectivity index (χ0v) is 18.5. The van der Waals surface area contributed by atoms with Crippen molar-refractivity contribution >= 4 is 5.91 Å². The summed E-state index contributed by atoms with van der Waals surface area (Å²) in [6, 6.07) is 15.7. The lowest BCUT2D eigenvalue weighted by Crippen LogP contribution is -2.71. The predicted octanol–water partition coefficient (Wildman–Crippen LogP) is 3.22. The Morgan fingerprint density at radius 3 is 2.62 bits per heavy atom. The molecule has 6 rings (SSSR count). The number of nitrogens with zero attached hydrogens (tertiary/aromatic N) is 2. The summed E-state index contributed by atoms with van der Waals surface area (Å²) in [7, 11) is 0. The van der Waals surface area contributed by atoms with E-state index in [-0.39, 0.29) is 17.7 Å². The van der Waals surface area contributed by atoms with Gasteiger partial charge in [0.1, 0.15) is 5.75 Å². The molecule has 2 aliphatic heterocycles. The number of phenolic OH excluding ortho intramolecular Hbond substituents is 1. The maximum absolute atomic E-state index is 13.6. The van der Waals surface area contributed by atoms with Gasteiger partial charge in [0.05, 0.1) is 5.60 Å². The van der Waals surface area contributed by atoms with Crippen molar-refractivity contribution in [1.29, 1.82) is 0 Å². The number of piperidine rings is 1. The number of likely N-dealkylation sites (tertiary alicyclic amines) is 2. The molecule has 3 fully saturated rings. The second kappa shape index (κ2) is 7.32. The number of fused-ring (bicyclic) bond motifs is 1. The first-order chi connectivity index (χ1) is 15.5. The van der Waals surface area contributed by atoms with Gasteiger partial charge >= 0.3 is 0 Å². The minimum atomic E-state index is -0.970. The molecule has 2 N–H and O–H groups in total. The van der Waals surface area contributed by atoms with Crippen molar-refractivity contribution < 1.29 is 15.0 Å². The van der Waals surface area contributed by atoms with E-state index in [2.05, 4.69) is 17.0 Å². The van der Waals surface area contributed by atoms with Crippen LogP contribution in [0.4, 0.5) is 0 Å². The number of phenols is 1. The Labute approximate surface area is 189 Å². The first-order valence-electron chi connectivity index (χ1n) is 12.1. The fourth-order valence-electron chi connectivity index (χ4n) is 6.75. The van der Waals surface area contributed by atoms with Crippen LogP contribution in [0.2, 0.25) is 0 Å². The molecule has 5 nitrogen and oxygen atoms in total. The molecular formula is C27H32N2O3. The lowest BCUT2D eigenvalue weighted by atomic mass is 9.52. The van der Waals surface area contributed by atoms with Crippen molar-refractivity contribution in [2.75, 3.05) is 19.6 Å². The monoisotopic (exact) mass is 432 g/mol. The van der Waals surface area contributed by atoms with Crippen LogP contribution in [0, 0.1) is 5.92 Å². The summed E-state index contributed by atoms with van der Waals surface area (Å²) in [4.78, 5) is 18.1. The summed E-state index contributed by atoms with van der Waals surface area (Å²) < 4.78 is 0. The molecule has 2 aromatic rings. The second-order valence-corrected chi connectivity index (χ2v) is 10.5. The van der Waals surface area contributed by atoms with Crippen LogP contribution in [0.3, 0.4) is 0 Å². The number of carbonyl (C=O) groups excluding carboxylic acids is 1. The second-order valence-electron chi connectivity index (χ2n) is 10.5. The van der Waals surface area contributed by atoms with Gasteiger partial charge in [0.25, 0.3) is 0 Å². The summed E-state index contributed by atoms with van der Waals surface area (Å²) in [5, 5.41) is 22.8. The van der Waals surface area contributed by atoms with Crippen molar-refractivity contribution in [3.63, 3.8) is 0 Å². The third-order valence-corrected chi connectivity index (χ3v) is 8.64. The van der Waals surface area contributed by atoms with E-state index in [1.54, 1.807) is 6.07 Å². The minimum Gasteiger partial charge on any atom is -0.508 e. The van der Waals surface area contributed by atoms with Crippen LogP contribution in [0.5, 0.6) is 5.75 Å². The molecule has 2 heterocycles. The predicted molar refractivity (Wildman–Crippen MR) is 122 cm³/mol. The molecule has 32 heavy (non-hydrogen) atoms. The van der Waals surface area contributed by atoms with Crippen LogP contribution in [-0.2, 0) is 23.2 Å². The number of carbonyl (C=O) groups is 1. The maximum atomic E-state index is 13.6. The Morgan fingerprint density at radius 1 is 1.03 bits per heavy atom. The van der Waals surface area contributed by atoms with Gasteiger partial charge in [0.2, 0.25) is 5.91 Å². The van der Waals surface area contributed by atoms with E-state index < -0.39 is 11.0 Å². The van der Waals surface area contributed by atoms with E-state index in [9.17, 15) is 15.0 Å². The molecule has 168 valence electrons. The average Bonchev–Trinajstić information content (AvgIpc) is 3.61. The Balaban J connectivity index is 1.41. The van der Waals surface area contributed by atoms with Crippen LogP contribution in [0.25, 0.3) is 0 Å². The van der Waals surface area contributed by atoms with Gasteiger partial charge in [-0.15, -0.1) is 0 Å². The van der Waals surface area contributed by atoms with Gasteiger partial charge in [0, 0.05) is 37.5 Å². The highest BCUT2D eigenvalue weighted by Gasteiger charge is 2.64. The summed E-state index contributed by atoms with van der Waals surface area (Å²) >= 11 is 0. The zero-order valence-electron chi connectivity index (χ0n) is 18.5. The molecule has 1 unspecified atom stereocenters. The summed E-state index contributed by atoms with van der Waals surface area (Å²) in [5.41, 5.74) is 1.69. The Morgan fingerprint density at radius 2 is 1.84 bits per heavy atom. The summed E-state index contributed by atoms with van der Waals surface area (Å²) in [6.45, 7) is 3.10. The first kappa shape index (κ1) is 20.3. The number of hydrogen-bond acceptors (Lipinski definition) is 4. The van der Waals surface area contributed by atoms with Crippen LogP contribution in [0.1, 0.15) is 48.8 Å². The molecule has 0 radical (unpaired) electrons. The van der Waals surface area contributed by atoms with E-state index in [0.717, 1.165) is 43.0 Å². The molecule has 5 heteroatoms. The smallest absolute Gasteiger partial charge is 0.223 e. The van der Waals surface area contributed by atoms with Gasteiger partial charge in [-0.3, -0.25) is 9.69 Å². The van der Waals surface area contributed by atoms with Crippen molar-refractivity contribution in [3.8, 4) is 5.75 Å². The third-order valence-electron chi connectivity index (χ3n) is 8.64. The van der Waals surface area contributed by atoms with Crippen molar-refractivity contribution in [2.45, 2.75) is 62.1 Å². The molecule has 1 amide bonds. The Bertz CT molecular complexity index is 1040. The average molecular weight is 433 g/mol. The minimum absolute atomic E-state index is 0.0263. The molecule has 1 saturated carbocycles. The highest BCUT2D eigenvalue weighted by atomic mass is 16.3. The van der Waals surface area contributed by atoms with Gasteiger partial charge in [-0.05, 0) is 73.4 Å². The topological polar surface area (TPSA) is 64.0 Å². The SMILES string of the molecule is O=C1C[C@]23CCN(CC4CC4)C(Cc4ccc(O)cc42)[C@]3(O)CCN1Cc1ccccc1. The summed E-state index contributed by atoms with van der Waals surface area (Å²) in [6.07, 6.45) is 5.01. The van der Waals surface area contributed by atoms with Gasteiger partial charge < -0.3 is 15.1 Å². The first-order valence-corrected chi connectivity index (χ1v) is 12.1. The zero-order chi connectivity index (χ0) is 21.9.